The molecule has 3 amide bonds. The van der Waals surface area contributed by atoms with E-state index >= 15 is 0 Å². The molecular formula is C29H32N7O2+. The molecule has 0 atom stereocenters. The molecule has 0 radical (unpaired) electrons. The third kappa shape index (κ3) is 5.75. The number of anilines is 1. The van der Waals surface area contributed by atoms with E-state index in [1.54, 1.807) is 18.2 Å². The smallest absolute Gasteiger partial charge is 0.319 e. The van der Waals surface area contributed by atoms with E-state index in [9.17, 15) is 9.59 Å². The molecule has 2 aromatic carbocycles. The minimum atomic E-state index is -0.227. The number of fused-ring (bicyclic) bond motifs is 3. The van der Waals surface area contributed by atoms with Crippen molar-refractivity contribution in [3.63, 3.8) is 0 Å². The molecule has 194 valence electrons. The lowest BCUT2D eigenvalue weighted by atomic mass is 9.94. The fraction of sp³-hybridized carbons (Fsp3) is 0.345. The van der Waals surface area contributed by atoms with E-state index in [2.05, 4.69) is 47.9 Å². The highest BCUT2D eigenvalue weighted by molar-refractivity contribution is 5.97. The molecule has 9 heteroatoms. The minimum Gasteiger partial charge on any atom is -0.352 e. The largest absolute Gasteiger partial charge is 0.352 e. The SMILES string of the molecule is C#CC[n+]1c2c(cc3cc(NC(=O)NCCCCCNC(=O)c4ccc5[nH]nnc5c4)ccc31)CCCC2. The first-order valence-electron chi connectivity index (χ1n) is 13.2. The van der Waals surface area contributed by atoms with Crippen LogP contribution < -0.4 is 20.5 Å². The first-order chi connectivity index (χ1) is 18.6. The third-order valence-electron chi connectivity index (χ3n) is 6.97. The normalized spacial score (nSPS) is 12.6. The lowest BCUT2D eigenvalue weighted by Gasteiger charge is -2.16. The maximum absolute atomic E-state index is 12.4. The number of aromatic nitrogens is 4. The number of pyridine rings is 1. The lowest BCUT2D eigenvalue weighted by Crippen LogP contribution is -2.41. The predicted octanol–water partition coefficient (Wildman–Crippen LogP) is 3.63. The van der Waals surface area contributed by atoms with Crippen LogP contribution in [0.25, 0.3) is 21.9 Å². The van der Waals surface area contributed by atoms with E-state index in [1.165, 1.54) is 24.1 Å². The zero-order chi connectivity index (χ0) is 26.3. The second kappa shape index (κ2) is 11.7. The third-order valence-corrected chi connectivity index (χ3v) is 6.97. The van der Waals surface area contributed by atoms with Crippen molar-refractivity contribution in [2.24, 2.45) is 0 Å². The van der Waals surface area contributed by atoms with Crippen molar-refractivity contribution >= 4 is 39.6 Å². The Morgan fingerprint density at radius 3 is 2.71 bits per heavy atom. The van der Waals surface area contributed by atoms with E-state index < -0.39 is 0 Å². The molecule has 0 spiro atoms. The van der Waals surface area contributed by atoms with Crippen LogP contribution in [0.1, 0.15) is 53.7 Å². The molecule has 38 heavy (non-hydrogen) atoms. The molecule has 1 aliphatic rings. The van der Waals surface area contributed by atoms with Gasteiger partial charge in [0.2, 0.25) is 12.1 Å². The van der Waals surface area contributed by atoms with Crippen LogP contribution in [0, 0.1) is 12.3 Å². The summed E-state index contributed by atoms with van der Waals surface area (Å²) in [7, 11) is 0. The first-order valence-corrected chi connectivity index (χ1v) is 13.2. The number of aryl methyl sites for hydroxylation is 1. The van der Waals surface area contributed by atoms with Gasteiger partial charge in [-0.05, 0) is 80.8 Å². The van der Waals surface area contributed by atoms with E-state index in [0.717, 1.165) is 54.2 Å². The molecule has 5 rings (SSSR count). The first kappa shape index (κ1) is 25.2. The van der Waals surface area contributed by atoms with Gasteiger partial charge in [-0.1, -0.05) is 5.21 Å². The predicted molar refractivity (Wildman–Crippen MR) is 147 cm³/mol. The van der Waals surface area contributed by atoms with Crippen molar-refractivity contribution in [2.45, 2.75) is 51.5 Å². The van der Waals surface area contributed by atoms with Crippen molar-refractivity contribution in [2.75, 3.05) is 18.4 Å². The van der Waals surface area contributed by atoms with Gasteiger partial charge < -0.3 is 16.0 Å². The van der Waals surface area contributed by atoms with Crippen LogP contribution >= 0.6 is 0 Å². The zero-order valence-electron chi connectivity index (χ0n) is 21.3. The molecule has 0 fully saturated rings. The van der Waals surface area contributed by atoms with Gasteiger partial charge in [0.1, 0.15) is 5.52 Å². The number of carbonyl (C=O) groups is 2. The number of aromatic amines is 1. The zero-order valence-corrected chi connectivity index (χ0v) is 21.3. The number of carbonyl (C=O) groups excluding carboxylic acids is 2. The molecule has 1 aliphatic carbocycles. The van der Waals surface area contributed by atoms with Crippen LogP contribution in [0.5, 0.6) is 0 Å². The topological polar surface area (TPSA) is 116 Å². The molecule has 0 saturated carbocycles. The molecule has 2 heterocycles. The fourth-order valence-corrected chi connectivity index (χ4v) is 5.07. The molecule has 0 saturated heterocycles. The van der Waals surface area contributed by atoms with Crippen LogP contribution in [0.3, 0.4) is 0 Å². The molecular weight excluding hydrogens is 478 g/mol. The van der Waals surface area contributed by atoms with Crippen LogP contribution in [-0.4, -0.2) is 40.4 Å². The molecule has 2 aromatic heterocycles. The number of hydrogen-bond donors (Lipinski definition) is 4. The van der Waals surface area contributed by atoms with Crippen molar-refractivity contribution in [3.05, 3.63) is 59.3 Å². The average Bonchev–Trinajstić information content (AvgIpc) is 3.40. The van der Waals surface area contributed by atoms with E-state index in [-0.39, 0.29) is 11.9 Å². The van der Waals surface area contributed by atoms with Crippen LogP contribution in [0.4, 0.5) is 10.5 Å². The Bertz CT molecular complexity index is 1520. The molecule has 4 N–H and O–H groups in total. The van der Waals surface area contributed by atoms with Crippen molar-refractivity contribution < 1.29 is 14.2 Å². The molecule has 9 nitrogen and oxygen atoms in total. The molecule has 0 bridgehead atoms. The number of terminal acetylenes is 1. The number of benzene rings is 2. The highest BCUT2D eigenvalue weighted by Crippen LogP contribution is 2.25. The second-order valence-corrected chi connectivity index (χ2v) is 9.63. The Morgan fingerprint density at radius 2 is 1.84 bits per heavy atom. The minimum absolute atomic E-state index is 0.131. The summed E-state index contributed by atoms with van der Waals surface area (Å²) in [5.41, 5.74) is 6.57. The van der Waals surface area contributed by atoms with Gasteiger partial charge in [0.15, 0.2) is 5.69 Å². The summed E-state index contributed by atoms with van der Waals surface area (Å²) in [6.07, 6.45) is 12.7. The van der Waals surface area contributed by atoms with Crippen molar-refractivity contribution in [1.82, 2.24) is 26.0 Å². The Labute approximate surface area is 221 Å². The Balaban J connectivity index is 1.05. The number of nitrogens with one attached hydrogen (secondary N) is 4. The van der Waals surface area contributed by atoms with Crippen LogP contribution in [0.15, 0.2) is 42.5 Å². The molecule has 0 unspecified atom stereocenters. The fourth-order valence-electron chi connectivity index (χ4n) is 5.07. The summed E-state index contributed by atoms with van der Waals surface area (Å²) < 4.78 is 2.24. The Hall–Kier alpha value is -4.45. The van der Waals surface area contributed by atoms with Gasteiger partial charge in [0.05, 0.1) is 5.52 Å². The van der Waals surface area contributed by atoms with Crippen LogP contribution in [0.2, 0.25) is 0 Å². The van der Waals surface area contributed by atoms with Gasteiger partial charge in [-0.2, -0.15) is 4.57 Å². The van der Waals surface area contributed by atoms with Crippen molar-refractivity contribution in [3.8, 4) is 12.3 Å². The summed E-state index contributed by atoms with van der Waals surface area (Å²) in [4.78, 5) is 24.8. The average molecular weight is 511 g/mol. The maximum atomic E-state index is 12.4. The second-order valence-electron chi connectivity index (χ2n) is 9.63. The van der Waals surface area contributed by atoms with E-state index in [0.29, 0.717) is 30.7 Å². The maximum Gasteiger partial charge on any atom is 0.319 e. The van der Waals surface area contributed by atoms with Gasteiger partial charge in [-0.3, -0.25) is 9.89 Å². The number of nitrogens with zero attached hydrogens (tertiary/aromatic N) is 3. The summed E-state index contributed by atoms with van der Waals surface area (Å²) in [6.45, 7) is 1.68. The summed E-state index contributed by atoms with van der Waals surface area (Å²) in [5.74, 6) is 2.66. The Kier molecular flexibility index (Phi) is 7.78. The Morgan fingerprint density at radius 1 is 1.00 bits per heavy atom. The van der Waals surface area contributed by atoms with Gasteiger partial charge in [-0.15, -0.1) is 11.5 Å². The lowest BCUT2D eigenvalue weighted by molar-refractivity contribution is -0.667. The number of H-pyrrole nitrogens is 1. The number of urea groups is 1. The van der Waals surface area contributed by atoms with E-state index in [4.69, 9.17) is 6.42 Å². The standard InChI is InChI=1S/C29H31N7O2/c1-2-16-36-26-9-5-4-8-20(26)17-22-18-23(11-13-27(22)36)32-29(38)31-15-7-3-6-14-30-28(37)21-10-12-24-25(19-21)34-35-33-24/h1,10-13,17-19H,3-9,14-16H2,(H3-,30,31,32,33,34,35,37,38)/p+1. The van der Waals surface area contributed by atoms with Gasteiger partial charge in [0.25, 0.3) is 5.91 Å². The number of unbranched alkanes of at least 4 members (excludes halogenated alkanes) is 2. The highest BCUT2D eigenvalue weighted by atomic mass is 16.2. The number of rotatable bonds is 9. The number of amides is 3. The quantitative estimate of drug-likeness (QED) is 0.156. The molecule has 0 aliphatic heterocycles. The van der Waals surface area contributed by atoms with E-state index in [1.807, 2.05) is 18.2 Å². The summed E-state index contributed by atoms with van der Waals surface area (Å²) in [6, 6.07) is 13.2. The van der Waals surface area contributed by atoms with Gasteiger partial charge >= 0.3 is 6.03 Å². The van der Waals surface area contributed by atoms with Gasteiger partial charge in [0, 0.05) is 47.8 Å². The molecule has 4 aromatic rings. The highest BCUT2D eigenvalue weighted by Gasteiger charge is 2.23. The van der Waals surface area contributed by atoms with Crippen molar-refractivity contribution in [1.29, 1.82) is 0 Å². The van der Waals surface area contributed by atoms with Crippen LogP contribution in [-0.2, 0) is 19.4 Å². The summed E-state index contributed by atoms with van der Waals surface area (Å²) in [5, 5.41) is 20.3. The van der Waals surface area contributed by atoms with Gasteiger partial charge in [-0.25, -0.2) is 4.79 Å². The number of hydrogen-bond acceptors (Lipinski definition) is 4. The monoisotopic (exact) mass is 510 g/mol. The summed E-state index contributed by atoms with van der Waals surface area (Å²) >= 11 is 0.